The van der Waals surface area contributed by atoms with Gasteiger partial charge in [0.1, 0.15) is 0 Å². The molecule has 0 aromatic rings. The normalized spacial score (nSPS) is 23.0. The largest absolute Gasteiger partial charge is 0.390 e. The van der Waals surface area contributed by atoms with E-state index in [0.29, 0.717) is 12.0 Å². The van der Waals surface area contributed by atoms with E-state index in [2.05, 4.69) is 19.2 Å². The summed E-state index contributed by atoms with van der Waals surface area (Å²) in [6.45, 7) is 7.25. The van der Waals surface area contributed by atoms with E-state index in [-0.39, 0.29) is 0 Å². The zero-order chi connectivity index (χ0) is 11.3. The van der Waals surface area contributed by atoms with Gasteiger partial charge in [0.2, 0.25) is 0 Å². The number of hydrogen-bond acceptors (Lipinski definition) is 2. The topological polar surface area (TPSA) is 32.3 Å². The average molecular weight is 213 g/mol. The van der Waals surface area contributed by atoms with Gasteiger partial charge in [0, 0.05) is 6.04 Å². The Morgan fingerprint density at radius 3 is 2.40 bits per heavy atom. The molecule has 0 heterocycles. The number of hydrogen-bond donors (Lipinski definition) is 2. The van der Waals surface area contributed by atoms with Gasteiger partial charge in [-0.1, -0.05) is 33.1 Å². The minimum Gasteiger partial charge on any atom is -0.390 e. The van der Waals surface area contributed by atoms with E-state index >= 15 is 0 Å². The zero-order valence-electron chi connectivity index (χ0n) is 10.6. The fraction of sp³-hybridized carbons (Fsp3) is 1.00. The number of rotatable bonds is 5. The van der Waals surface area contributed by atoms with Crippen molar-refractivity contribution in [3.8, 4) is 0 Å². The molecule has 1 aliphatic rings. The zero-order valence-corrected chi connectivity index (χ0v) is 10.6. The molecule has 0 aromatic heterocycles. The lowest BCUT2D eigenvalue weighted by atomic mass is 9.76. The molecule has 1 atom stereocenters. The molecule has 1 rings (SSSR count). The summed E-state index contributed by atoms with van der Waals surface area (Å²) in [7, 11) is 0. The van der Waals surface area contributed by atoms with E-state index in [9.17, 15) is 5.11 Å². The molecule has 1 unspecified atom stereocenters. The van der Waals surface area contributed by atoms with Crippen molar-refractivity contribution in [2.45, 2.75) is 70.9 Å². The van der Waals surface area contributed by atoms with Crippen molar-refractivity contribution in [3.63, 3.8) is 0 Å². The van der Waals surface area contributed by atoms with Crippen LogP contribution < -0.4 is 5.32 Å². The van der Waals surface area contributed by atoms with Crippen LogP contribution in [0, 0.1) is 5.92 Å². The van der Waals surface area contributed by atoms with Gasteiger partial charge in [-0.3, -0.25) is 0 Å². The Bertz CT molecular complexity index is 171. The van der Waals surface area contributed by atoms with Crippen LogP contribution in [0.2, 0.25) is 0 Å². The van der Waals surface area contributed by atoms with Crippen LogP contribution in [0.4, 0.5) is 0 Å². The first kappa shape index (κ1) is 13.0. The summed E-state index contributed by atoms with van der Waals surface area (Å²) in [5.74, 6) is 0.528. The molecule has 0 aliphatic heterocycles. The smallest absolute Gasteiger partial charge is 0.0659 e. The molecule has 2 N–H and O–H groups in total. The van der Waals surface area contributed by atoms with E-state index in [4.69, 9.17) is 0 Å². The van der Waals surface area contributed by atoms with Crippen molar-refractivity contribution in [1.29, 1.82) is 0 Å². The Labute approximate surface area is 94.5 Å². The molecule has 0 spiro atoms. The first-order valence-corrected chi connectivity index (χ1v) is 6.48. The van der Waals surface area contributed by atoms with Crippen LogP contribution in [0.5, 0.6) is 0 Å². The molecule has 0 amide bonds. The fourth-order valence-corrected chi connectivity index (χ4v) is 2.54. The Morgan fingerprint density at radius 2 is 1.87 bits per heavy atom. The van der Waals surface area contributed by atoms with E-state index in [1.807, 2.05) is 6.92 Å². The lowest BCUT2D eigenvalue weighted by Gasteiger charge is -2.36. The van der Waals surface area contributed by atoms with Gasteiger partial charge in [-0.25, -0.2) is 0 Å². The Kier molecular flexibility index (Phi) is 5.07. The molecule has 0 aromatic carbocycles. The Morgan fingerprint density at radius 1 is 1.27 bits per heavy atom. The van der Waals surface area contributed by atoms with Gasteiger partial charge in [-0.05, 0) is 38.6 Å². The second-order valence-electron chi connectivity index (χ2n) is 5.55. The summed E-state index contributed by atoms with van der Waals surface area (Å²) < 4.78 is 0. The molecule has 2 nitrogen and oxygen atoms in total. The van der Waals surface area contributed by atoms with E-state index in [0.717, 1.165) is 13.0 Å². The highest BCUT2D eigenvalue weighted by molar-refractivity contribution is 4.84. The minimum absolute atomic E-state index is 0.456. The van der Waals surface area contributed by atoms with E-state index in [1.165, 1.54) is 32.1 Å². The lowest BCUT2D eigenvalue weighted by molar-refractivity contribution is -0.0232. The van der Waals surface area contributed by atoms with Crippen molar-refractivity contribution in [3.05, 3.63) is 0 Å². The maximum atomic E-state index is 10.4. The summed E-state index contributed by atoms with van der Waals surface area (Å²) in [5, 5.41) is 13.8. The Balaban J connectivity index is 2.29. The first-order valence-electron chi connectivity index (χ1n) is 6.48. The lowest BCUT2D eigenvalue weighted by Crippen LogP contribution is -2.39. The van der Waals surface area contributed by atoms with Crippen LogP contribution >= 0.6 is 0 Å². The fourth-order valence-electron chi connectivity index (χ4n) is 2.54. The van der Waals surface area contributed by atoms with Crippen LogP contribution in [-0.4, -0.2) is 23.3 Å². The van der Waals surface area contributed by atoms with Crippen molar-refractivity contribution < 1.29 is 5.11 Å². The SMILES string of the molecule is CC(C)NCCC(C)(O)C1CCCCC1. The predicted molar refractivity (Wildman–Crippen MR) is 65.0 cm³/mol. The first-order chi connectivity index (χ1) is 7.02. The van der Waals surface area contributed by atoms with Gasteiger partial charge in [0.25, 0.3) is 0 Å². The third-order valence-corrected chi connectivity index (χ3v) is 3.67. The quantitative estimate of drug-likeness (QED) is 0.736. The molecule has 1 fully saturated rings. The van der Waals surface area contributed by atoms with Crippen molar-refractivity contribution in [2.75, 3.05) is 6.54 Å². The van der Waals surface area contributed by atoms with Gasteiger partial charge in [0.15, 0.2) is 0 Å². The van der Waals surface area contributed by atoms with Crippen LogP contribution in [0.15, 0.2) is 0 Å². The molecule has 0 saturated heterocycles. The summed E-state index contributed by atoms with van der Waals surface area (Å²) in [4.78, 5) is 0. The average Bonchev–Trinajstić information content (AvgIpc) is 2.18. The predicted octanol–water partition coefficient (Wildman–Crippen LogP) is 2.71. The standard InChI is InChI=1S/C13H27NO/c1-11(2)14-10-9-13(3,15)12-7-5-4-6-8-12/h11-12,14-15H,4-10H2,1-3H3. The van der Waals surface area contributed by atoms with Gasteiger partial charge in [-0.2, -0.15) is 0 Å². The molecule has 2 heteroatoms. The van der Waals surface area contributed by atoms with Gasteiger partial charge in [-0.15, -0.1) is 0 Å². The summed E-state index contributed by atoms with van der Waals surface area (Å²) in [5.41, 5.74) is -0.456. The maximum Gasteiger partial charge on any atom is 0.0659 e. The van der Waals surface area contributed by atoms with Crippen molar-refractivity contribution in [2.24, 2.45) is 5.92 Å². The molecular formula is C13H27NO. The number of aliphatic hydroxyl groups is 1. The highest BCUT2D eigenvalue weighted by Gasteiger charge is 2.31. The second-order valence-corrected chi connectivity index (χ2v) is 5.55. The highest BCUT2D eigenvalue weighted by Crippen LogP contribution is 2.34. The monoisotopic (exact) mass is 213 g/mol. The third-order valence-electron chi connectivity index (χ3n) is 3.67. The van der Waals surface area contributed by atoms with Gasteiger partial charge < -0.3 is 10.4 Å². The molecule has 1 saturated carbocycles. The van der Waals surface area contributed by atoms with Crippen LogP contribution in [0.1, 0.15) is 59.3 Å². The Hall–Kier alpha value is -0.0800. The summed E-state index contributed by atoms with van der Waals surface area (Å²) in [6.07, 6.45) is 7.28. The molecular weight excluding hydrogens is 186 g/mol. The van der Waals surface area contributed by atoms with E-state index in [1.54, 1.807) is 0 Å². The molecule has 15 heavy (non-hydrogen) atoms. The van der Waals surface area contributed by atoms with Gasteiger partial charge >= 0.3 is 0 Å². The number of nitrogens with one attached hydrogen (secondary N) is 1. The molecule has 1 aliphatic carbocycles. The molecule has 0 bridgehead atoms. The van der Waals surface area contributed by atoms with E-state index < -0.39 is 5.60 Å². The van der Waals surface area contributed by atoms with Crippen molar-refractivity contribution >= 4 is 0 Å². The van der Waals surface area contributed by atoms with Gasteiger partial charge in [0.05, 0.1) is 5.60 Å². The molecule has 0 radical (unpaired) electrons. The third kappa shape index (κ3) is 4.52. The highest BCUT2D eigenvalue weighted by atomic mass is 16.3. The molecule has 90 valence electrons. The van der Waals surface area contributed by atoms with Crippen LogP contribution in [0.25, 0.3) is 0 Å². The summed E-state index contributed by atoms with van der Waals surface area (Å²) in [6, 6.07) is 0.521. The van der Waals surface area contributed by atoms with Crippen LogP contribution in [0.3, 0.4) is 0 Å². The van der Waals surface area contributed by atoms with Crippen LogP contribution in [-0.2, 0) is 0 Å². The second kappa shape index (κ2) is 5.86. The van der Waals surface area contributed by atoms with Crippen molar-refractivity contribution in [1.82, 2.24) is 5.32 Å². The summed E-state index contributed by atoms with van der Waals surface area (Å²) >= 11 is 0. The maximum absolute atomic E-state index is 10.4. The minimum atomic E-state index is -0.456.